The van der Waals surface area contributed by atoms with Crippen molar-refractivity contribution in [2.24, 2.45) is 5.92 Å². The van der Waals surface area contributed by atoms with Crippen LogP contribution in [0.1, 0.15) is 0 Å². The number of nitrogens with zero attached hydrogens (tertiary/aromatic N) is 5. The van der Waals surface area contributed by atoms with Gasteiger partial charge in [0.1, 0.15) is 12.2 Å². The van der Waals surface area contributed by atoms with Crippen LogP contribution in [0.5, 0.6) is 0 Å². The fourth-order valence-electron chi connectivity index (χ4n) is 2.83. The van der Waals surface area contributed by atoms with Crippen molar-refractivity contribution in [1.82, 2.24) is 25.0 Å². The number of hydrogen-bond donors (Lipinski definition) is 0. The SMILES string of the molecule is CN1C(=O)C2CN(Cn3nnc4ccccc43)OC2C1=O. The Bertz CT molecular complexity index is 718. The van der Waals surface area contributed by atoms with E-state index >= 15 is 0 Å². The van der Waals surface area contributed by atoms with Gasteiger partial charge >= 0.3 is 0 Å². The third-order valence-electron chi connectivity index (χ3n) is 3.96. The Morgan fingerprint density at radius 2 is 2.10 bits per heavy atom. The molecule has 2 aliphatic heterocycles. The molecule has 8 nitrogen and oxygen atoms in total. The molecular formula is C13H13N5O3. The molecule has 0 saturated carbocycles. The first-order valence-electron chi connectivity index (χ1n) is 6.66. The van der Waals surface area contributed by atoms with Gasteiger partial charge in [-0.05, 0) is 12.1 Å². The molecule has 0 radical (unpaired) electrons. The van der Waals surface area contributed by atoms with Crippen LogP contribution in [0.25, 0.3) is 11.0 Å². The summed E-state index contributed by atoms with van der Waals surface area (Å²) in [5.41, 5.74) is 1.68. The molecule has 2 unspecified atom stereocenters. The highest BCUT2D eigenvalue weighted by Crippen LogP contribution is 2.30. The summed E-state index contributed by atoms with van der Waals surface area (Å²) in [6, 6.07) is 7.59. The molecule has 21 heavy (non-hydrogen) atoms. The Kier molecular flexibility index (Phi) is 2.57. The molecule has 2 atom stereocenters. The lowest BCUT2D eigenvalue weighted by atomic mass is 10.1. The van der Waals surface area contributed by atoms with E-state index in [1.807, 2.05) is 24.3 Å². The Balaban J connectivity index is 1.55. The highest BCUT2D eigenvalue weighted by molar-refractivity contribution is 6.06. The smallest absolute Gasteiger partial charge is 0.261 e. The molecule has 2 fully saturated rings. The van der Waals surface area contributed by atoms with Crippen LogP contribution in [0.15, 0.2) is 24.3 Å². The number of hydrogen-bond acceptors (Lipinski definition) is 6. The number of benzene rings is 1. The van der Waals surface area contributed by atoms with Crippen LogP contribution in [0.4, 0.5) is 0 Å². The summed E-state index contributed by atoms with van der Waals surface area (Å²) >= 11 is 0. The average Bonchev–Trinajstić information content (AvgIpc) is 3.14. The van der Waals surface area contributed by atoms with Gasteiger partial charge in [0.15, 0.2) is 6.10 Å². The molecule has 2 amide bonds. The minimum atomic E-state index is -0.697. The number of likely N-dealkylation sites (N-methyl/N-ethyl adjacent to an activating group) is 1. The number of hydroxylamine groups is 2. The lowest BCUT2D eigenvalue weighted by molar-refractivity contribution is -0.179. The molecular weight excluding hydrogens is 274 g/mol. The van der Waals surface area contributed by atoms with Crippen molar-refractivity contribution in [2.75, 3.05) is 13.6 Å². The first kappa shape index (κ1) is 12.4. The van der Waals surface area contributed by atoms with Crippen LogP contribution in [0.2, 0.25) is 0 Å². The summed E-state index contributed by atoms with van der Waals surface area (Å²) in [6.45, 7) is 0.714. The summed E-state index contributed by atoms with van der Waals surface area (Å²) < 4.78 is 1.69. The number of aromatic nitrogens is 3. The van der Waals surface area contributed by atoms with E-state index in [9.17, 15) is 9.59 Å². The summed E-state index contributed by atoms with van der Waals surface area (Å²) in [6.07, 6.45) is -0.697. The number of para-hydroxylation sites is 1. The molecule has 1 aromatic carbocycles. The van der Waals surface area contributed by atoms with E-state index < -0.39 is 12.0 Å². The van der Waals surface area contributed by atoms with Crippen LogP contribution in [-0.4, -0.2) is 56.5 Å². The van der Waals surface area contributed by atoms with E-state index in [2.05, 4.69) is 10.3 Å². The van der Waals surface area contributed by atoms with Crippen molar-refractivity contribution in [2.45, 2.75) is 12.8 Å². The molecule has 2 aromatic rings. The monoisotopic (exact) mass is 287 g/mol. The van der Waals surface area contributed by atoms with Gasteiger partial charge in [-0.1, -0.05) is 17.3 Å². The second-order valence-corrected chi connectivity index (χ2v) is 5.25. The number of carbonyl (C=O) groups excluding carboxylic acids is 2. The van der Waals surface area contributed by atoms with Crippen molar-refractivity contribution in [3.63, 3.8) is 0 Å². The zero-order valence-electron chi connectivity index (χ0n) is 11.3. The fraction of sp³-hybridized carbons (Fsp3) is 0.385. The molecule has 0 aliphatic carbocycles. The van der Waals surface area contributed by atoms with E-state index in [4.69, 9.17) is 4.84 Å². The Hall–Kier alpha value is -2.32. The van der Waals surface area contributed by atoms with E-state index in [1.54, 1.807) is 9.75 Å². The van der Waals surface area contributed by atoms with Crippen molar-refractivity contribution in [1.29, 1.82) is 0 Å². The van der Waals surface area contributed by atoms with Gasteiger partial charge in [-0.25, -0.2) is 4.68 Å². The van der Waals surface area contributed by atoms with E-state index in [-0.39, 0.29) is 11.8 Å². The molecule has 8 heteroatoms. The normalized spacial score (nSPS) is 26.0. The minimum Gasteiger partial charge on any atom is -0.283 e. The maximum atomic E-state index is 11.9. The minimum absolute atomic E-state index is 0.184. The first-order valence-corrected chi connectivity index (χ1v) is 6.66. The number of fused-ring (bicyclic) bond motifs is 2. The van der Waals surface area contributed by atoms with Crippen molar-refractivity contribution in [3.05, 3.63) is 24.3 Å². The highest BCUT2D eigenvalue weighted by Gasteiger charge is 2.52. The maximum Gasteiger partial charge on any atom is 0.261 e. The molecule has 0 spiro atoms. The zero-order chi connectivity index (χ0) is 14.6. The van der Waals surface area contributed by atoms with E-state index in [0.29, 0.717) is 13.2 Å². The van der Waals surface area contributed by atoms with Gasteiger partial charge in [-0.2, -0.15) is 5.06 Å². The standard InChI is InChI=1S/C13H13N5O3/c1-16-12(19)8-6-17(21-11(8)13(16)20)7-18-10-5-3-2-4-9(10)14-15-18/h2-5,8,11H,6-7H2,1H3. The first-order chi connectivity index (χ1) is 10.1. The Morgan fingerprint density at radius 3 is 2.90 bits per heavy atom. The summed E-state index contributed by atoms with van der Waals surface area (Å²) in [4.78, 5) is 30.5. The quantitative estimate of drug-likeness (QED) is 0.700. The Morgan fingerprint density at radius 1 is 1.29 bits per heavy atom. The van der Waals surface area contributed by atoms with Crippen LogP contribution >= 0.6 is 0 Å². The third-order valence-corrected chi connectivity index (χ3v) is 3.96. The van der Waals surface area contributed by atoms with Gasteiger partial charge in [-0.3, -0.25) is 19.3 Å². The van der Waals surface area contributed by atoms with E-state index in [1.165, 1.54) is 7.05 Å². The largest absolute Gasteiger partial charge is 0.283 e. The molecule has 2 aliphatic rings. The molecule has 1 aromatic heterocycles. The van der Waals surface area contributed by atoms with Gasteiger partial charge in [0.2, 0.25) is 5.91 Å². The zero-order valence-corrected chi connectivity index (χ0v) is 11.3. The van der Waals surface area contributed by atoms with Crippen LogP contribution in [0.3, 0.4) is 0 Å². The van der Waals surface area contributed by atoms with Crippen LogP contribution in [-0.2, 0) is 21.1 Å². The second kappa shape index (κ2) is 4.34. The fourth-order valence-corrected chi connectivity index (χ4v) is 2.83. The molecule has 0 N–H and O–H groups in total. The Labute approximate surface area is 119 Å². The van der Waals surface area contributed by atoms with Crippen molar-refractivity contribution in [3.8, 4) is 0 Å². The summed E-state index contributed by atoms with van der Waals surface area (Å²) in [7, 11) is 1.49. The van der Waals surface area contributed by atoms with Crippen molar-refractivity contribution >= 4 is 22.8 Å². The number of imide groups is 1. The predicted octanol–water partition coefficient (Wildman–Crippen LogP) is -0.381. The lowest BCUT2D eigenvalue weighted by Crippen LogP contribution is -2.34. The second-order valence-electron chi connectivity index (χ2n) is 5.25. The summed E-state index contributed by atoms with van der Waals surface area (Å²) in [5.74, 6) is -0.885. The van der Waals surface area contributed by atoms with E-state index in [0.717, 1.165) is 15.9 Å². The molecule has 3 heterocycles. The number of amides is 2. The maximum absolute atomic E-state index is 11.9. The topological polar surface area (TPSA) is 80.6 Å². The highest BCUT2D eigenvalue weighted by atomic mass is 16.7. The van der Waals surface area contributed by atoms with Gasteiger partial charge in [-0.15, -0.1) is 5.10 Å². The number of rotatable bonds is 2. The number of likely N-dealkylation sites (tertiary alicyclic amines) is 1. The van der Waals surface area contributed by atoms with Crippen molar-refractivity contribution < 1.29 is 14.4 Å². The molecule has 4 rings (SSSR count). The molecule has 2 saturated heterocycles. The van der Waals surface area contributed by atoms with Crippen LogP contribution in [0, 0.1) is 5.92 Å². The van der Waals surface area contributed by atoms with Gasteiger partial charge in [0.25, 0.3) is 5.91 Å². The summed E-state index contributed by atoms with van der Waals surface area (Å²) in [5, 5.41) is 9.73. The third kappa shape index (κ3) is 1.76. The molecule has 108 valence electrons. The molecule has 0 bridgehead atoms. The van der Waals surface area contributed by atoms with Crippen LogP contribution < -0.4 is 0 Å². The average molecular weight is 287 g/mol. The van der Waals surface area contributed by atoms with Gasteiger partial charge in [0, 0.05) is 13.6 Å². The van der Waals surface area contributed by atoms with Gasteiger partial charge < -0.3 is 0 Å². The number of carbonyl (C=O) groups is 2. The van der Waals surface area contributed by atoms with Gasteiger partial charge in [0.05, 0.1) is 11.4 Å². The predicted molar refractivity (Wildman–Crippen MR) is 70.4 cm³/mol. The lowest BCUT2D eigenvalue weighted by Gasteiger charge is -2.17.